The topological polar surface area (TPSA) is 55.1 Å². The van der Waals surface area contributed by atoms with Gasteiger partial charge in [0.05, 0.1) is 5.92 Å². The quantitative estimate of drug-likeness (QED) is 0.803. The van der Waals surface area contributed by atoms with E-state index < -0.39 is 0 Å². The second-order valence-corrected chi connectivity index (χ2v) is 7.92. The molecule has 0 radical (unpaired) electrons. The van der Waals surface area contributed by atoms with Crippen LogP contribution in [0.2, 0.25) is 0 Å². The molecular formula is C20H27ClN2OS. The first-order valence-corrected chi connectivity index (χ1v) is 9.63. The van der Waals surface area contributed by atoms with Gasteiger partial charge in [-0.1, -0.05) is 38.1 Å². The van der Waals surface area contributed by atoms with E-state index in [9.17, 15) is 4.79 Å². The minimum atomic E-state index is -0.166. The minimum Gasteiger partial charge on any atom is -0.354 e. The largest absolute Gasteiger partial charge is 0.354 e. The molecule has 0 saturated heterocycles. The van der Waals surface area contributed by atoms with Gasteiger partial charge < -0.3 is 11.1 Å². The second kappa shape index (κ2) is 8.84. The molecule has 0 bridgehead atoms. The molecule has 1 amide bonds. The first kappa shape index (κ1) is 20.0. The molecule has 3 nitrogen and oxygen atoms in total. The number of carbonyl (C=O) groups excluding carboxylic acids is 1. The number of fused-ring (bicyclic) bond motifs is 1. The fraction of sp³-hybridized carbons (Fsp3) is 0.450. The number of nitrogens with two attached hydrogens (primary N) is 1. The molecule has 1 aromatic carbocycles. The molecule has 1 heterocycles. The van der Waals surface area contributed by atoms with Crippen LogP contribution >= 0.6 is 23.7 Å². The van der Waals surface area contributed by atoms with Gasteiger partial charge in [0.15, 0.2) is 0 Å². The molecule has 3 rings (SSSR count). The van der Waals surface area contributed by atoms with Crippen LogP contribution in [0.5, 0.6) is 0 Å². The summed E-state index contributed by atoms with van der Waals surface area (Å²) in [6.07, 6.45) is 3.14. The Bertz CT molecular complexity index is 696. The predicted octanol–water partition coefficient (Wildman–Crippen LogP) is 4.53. The van der Waals surface area contributed by atoms with Crippen LogP contribution in [0.25, 0.3) is 0 Å². The minimum absolute atomic E-state index is 0. The number of benzene rings is 1. The van der Waals surface area contributed by atoms with Gasteiger partial charge in [-0.25, -0.2) is 0 Å². The maximum absolute atomic E-state index is 12.6. The van der Waals surface area contributed by atoms with E-state index in [0.29, 0.717) is 12.5 Å². The third-order valence-corrected chi connectivity index (χ3v) is 5.89. The fourth-order valence-corrected chi connectivity index (χ4v) is 4.33. The van der Waals surface area contributed by atoms with Crippen LogP contribution in [0.15, 0.2) is 35.7 Å². The number of thiophene rings is 1. The van der Waals surface area contributed by atoms with E-state index in [2.05, 4.69) is 54.9 Å². The summed E-state index contributed by atoms with van der Waals surface area (Å²) in [5, 5.41) is 5.15. The van der Waals surface area contributed by atoms with Gasteiger partial charge in [-0.2, -0.15) is 0 Å². The molecule has 2 aromatic rings. The van der Waals surface area contributed by atoms with E-state index in [-0.39, 0.29) is 30.3 Å². The predicted molar refractivity (Wildman–Crippen MR) is 108 cm³/mol. The molecular weight excluding hydrogens is 352 g/mol. The molecule has 5 heteroatoms. The van der Waals surface area contributed by atoms with Gasteiger partial charge >= 0.3 is 0 Å². The maximum Gasteiger partial charge on any atom is 0.227 e. The van der Waals surface area contributed by atoms with Gasteiger partial charge in [0.1, 0.15) is 0 Å². The van der Waals surface area contributed by atoms with Crippen molar-refractivity contribution in [2.45, 2.75) is 51.0 Å². The summed E-state index contributed by atoms with van der Waals surface area (Å²) in [6.45, 7) is 4.84. The summed E-state index contributed by atoms with van der Waals surface area (Å²) in [7, 11) is 0. The average molecular weight is 379 g/mol. The lowest BCUT2D eigenvalue weighted by Crippen LogP contribution is -2.36. The number of hydrogen-bond acceptors (Lipinski definition) is 3. The SMILES string of the molecule is CC(C)c1ccc(C(N)CNC(=O)C2CCCc3sccc32)cc1.Cl. The third-order valence-electron chi connectivity index (χ3n) is 4.90. The molecule has 1 aliphatic carbocycles. The van der Waals surface area contributed by atoms with Gasteiger partial charge in [-0.05, 0) is 53.3 Å². The number of aryl methyl sites for hydroxylation is 1. The Hall–Kier alpha value is -1.36. The Labute approximate surface area is 160 Å². The normalized spacial score (nSPS) is 17.5. The van der Waals surface area contributed by atoms with Gasteiger partial charge in [0.2, 0.25) is 5.91 Å². The van der Waals surface area contributed by atoms with E-state index in [1.54, 1.807) is 11.3 Å². The Morgan fingerprint density at radius 3 is 2.60 bits per heavy atom. The molecule has 2 unspecified atom stereocenters. The van der Waals surface area contributed by atoms with Crippen molar-refractivity contribution in [1.29, 1.82) is 0 Å². The maximum atomic E-state index is 12.6. The van der Waals surface area contributed by atoms with E-state index in [1.807, 2.05) is 0 Å². The standard InChI is InChI=1S/C20H26N2OS.ClH/c1-13(2)14-6-8-15(9-7-14)18(21)12-22-20(23)17-4-3-5-19-16(17)10-11-24-19;/h6-11,13,17-18H,3-5,12,21H2,1-2H3,(H,22,23);1H. The van der Waals surface area contributed by atoms with Gasteiger partial charge in [0, 0.05) is 17.5 Å². The molecule has 1 aliphatic rings. The highest BCUT2D eigenvalue weighted by atomic mass is 35.5. The van der Waals surface area contributed by atoms with E-state index in [1.165, 1.54) is 16.0 Å². The molecule has 0 aliphatic heterocycles. The molecule has 25 heavy (non-hydrogen) atoms. The van der Waals surface area contributed by atoms with Gasteiger partial charge in [-0.3, -0.25) is 4.79 Å². The zero-order valence-electron chi connectivity index (χ0n) is 14.8. The number of hydrogen-bond donors (Lipinski definition) is 2. The molecule has 1 aromatic heterocycles. The van der Waals surface area contributed by atoms with E-state index in [0.717, 1.165) is 24.8 Å². The monoisotopic (exact) mass is 378 g/mol. The molecule has 0 saturated carbocycles. The van der Waals surface area contributed by atoms with Crippen LogP contribution in [0.4, 0.5) is 0 Å². The van der Waals surface area contributed by atoms with Crippen molar-refractivity contribution in [2.24, 2.45) is 5.73 Å². The highest BCUT2D eigenvalue weighted by molar-refractivity contribution is 7.10. The number of nitrogens with one attached hydrogen (secondary N) is 1. The Morgan fingerprint density at radius 1 is 1.24 bits per heavy atom. The highest BCUT2D eigenvalue weighted by Gasteiger charge is 2.27. The lowest BCUT2D eigenvalue weighted by molar-refractivity contribution is -0.122. The lowest BCUT2D eigenvalue weighted by atomic mass is 9.87. The summed E-state index contributed by atoms with van der Waals surface area (Å²) in [5.74, 6) is 0.625. The number of amides is 1. The second-order valence-electron chi connectivity index (χ2n) is 6.92. The van der Waals surface area contributed by atoms with Crippen molar-refractivity contribution < 1.29 is 4.79 Å². The van der Waals surface area contributed by atoms with E-state index >= 15 is 0 Å². The first-order chi connectivity index (χ1) is 11.6. The van der Waals surface area contributed by atoms with Crippen molar-refractivity contribution in [3.63, 3.8) is 0 Å². The van der Waals surface area contributed by atoms with Crippen LogP contribution in [0.3, 0.4) is 0 Å². The highest BCUT2D eigenvalue weighted by Crippen LogP contribution is 2.35. The Balaban J connectivity index is 0.00000225. The molecule has 136 valence electrons. The summed E-state index contributed by atoms with van der Waals surface area (Å²) in [4.78, 5) is 13.9. The molecule has 0 spiro atoms. The van der Waals surface area contributed by atoms with Crippen LogP contribution in [-0.4, -0.2) is 12.5 Å². The summed E-state index contributed by atoms with van der Waals surface area (Å²) in [6, 6.07) is 10.3. The Morgan fingerprint density at radius 2 is 1.92 bits per heavy atom. The van der Waals surface area contributed by atoms with Gasteiger partial charge in [-0.15, -0.1) is 23.7 Å². The first-order valence-electron chi connectivity index (χ1n) is 8.75. The lowest BCUT2D eigenvalue weighted by Gasteiger charge is -2.23. The van der Waals surface area contributed by atoms with Crippen LogP contribution in [0.1, 0.15) is 66.1 Å². The molecule has 2 atom stereocenters. The fourth-order valence-electron chi connectivity index (χ4n) is 3.34. The zero-order chi connectivity index (χ0) is 17.1. The van der Waals surface area contributed by atoms with Crippen molar-refractivity contribution in [1.82, 2.24) is 5.32 Å². The Kier molecular flexibility index (Phi) is 7.05. The summed E-state index contributed by atoms with van der Waals surface area (Å²) >= 11 is 1.77. The van der Waals surface area contributed by atoms with Crippen LogP contribution in [-0.2, 0) is 11.2 Å². The van der Waals surface area contributed by atoms with Crippen LogP contribution < -0.4 is 11.1 Å². The number of rotatable bonds is 5. The molecule has 0 fully saturated rings. The zero-order valence-corrected chi connectivity index (χ0v) is 16.5. The number of carbonyl (C=O) groups is 1. The smallest absolute Gasteiger partial charge is 0.227 e. The number of halogens is 1. The van der Waals surface area contributed by atoms with Crippen molar-refractivity contribution in [3.05, 3.63) is 57.3 Å². The average Bonchev–Trinajstić information content (AvgIpc) is 3.08. The molecule has 3 N–H and O–H groups in total. The van der Waals surface area contributed by atoms with E-state index in [4.69, 9.17) is 5.73 Å². The van der Waals surface area contributed by atoms with Crippen molar-refractivity contribution in [3.8, 4) is 0 Å². The third kappa shape index (κ3) is 4.63. The summed E-state index contributed by atoms with van der Waals surface area (Å²) < 4.78 is 0. The van der Waals surface area contributed by atoms with Crippen molar-refractivity contribution >= 4 is 29.7 Å². The van der Waals surface area contributed by atoms with Crippen LogP contribution in [0, 0.1) is 0 Å². The summed E-state index contributed by atoms with van der Waals surface area (Å²) in [5.41, 5.74) is 9.86. The van der Waals surface area contributed by atoms with Gasteiger partial charge in [0.25, 0.3) is 0 Å². The van der Waals surface area contributed by atoms with Crippen molar-refractivity contribution in [2.75, 3.05) is 6.54 Å².